The minimum Gasteiger partial charge on any atom is -0.402 e. The Morgan fingerprint density at radius 2 is 0.800 bits per heavy atom. The van der Waals surface area contributed by atoms with Gasteiger partial charge in [-0.3, -0.25) is 9.59 Å². The summed E-state index contributed by atoms with van der Waals surface area (Å²) in [4.78, 5) is 24.2. The first kappa shape index (κ1) is 14.1. The second-order valence-corrected chi connectivity index (χ2v) is 4.10. The Balaban J connectivity index is 0.000000328. The summed E-state index contributed by atoms with van der Waals surface area (Å²) in [6, 6.07) is 13.9. The molecule has 0 saturated heterocycles. The number of rotatable bonds is 0. The van der Waals surface area contributed by atoms with Crippen LogP contribution in [-0.4, -0.2) is 34.0 Å². The maximum absolute atomic E-state index is 12.1. The van der Waals surface area contributed by atoms with Crippen LogP contribution in [0.4, 0.5) is 0 Å². The van der Waals surface area contributed by atoms with Gasteiger partial charge in [0, 0.05) is 22.3 Å². The largest absolute Gasteiger partial charge is 0.631 e. The van der Waals surface area contributed by atoms with Crippen LogP contribution in [-0.2, 0) is 0 Å². The maximum Gasteiger partial charge on any atom is 0.631 e. The van der Waals surface area contributed by atoms with Crippen LogP contribution in [0, 0.1) is 0 Å². The third-order valence-electron chi connectivity index (χ3n) is 2.83. The predicted molar refractivity (Wildman–Crippen MR) is 72.2 cm³/mol. The minimum atomic E-state index is -2.17. The zero-order valence-corrected chi connectivity index (χ0v) is 10.4. The van der Waals surface area contributed by atoms with E-state index in [9.17, 15) is 9.59 Å². The number of hydrogen-bond acceptors (Lipinski definition) is 5. The second-order valence-electron chi connectivity index (χ2n) is 4.10. The number of benzene rings is 2. The Hall–Kier alpha value is -2.28. The standard InChI is InChI=1S/C14H8O2.BH3O3/c15-13-9-5-1-2-6-10(9)14(16)12-8-4-3-7-11(12)13;2-1(3)4/h1-8H;2-4H. The van der Waals surface area contributed by atoms with Gasteiger partial charge in [-0.05, 0) is 0 Å². The molecule has 5 nitrogen and oxygen atoms in total. The van der Waals surface area contributed by atoms with Crippen molar-refractivity contribution in [2.45, 2.75) is 0 Å². The summed E-state index contributed by atoms with van der Waals surface area (Å²) in [6.45, 7) is 0. The van der Waals surface area contributed by atoms with Crippen molar-refractivity contribution < 1.29 is 24.7 Å². The molecular weight excluding hydrogens is 259 g/mol. The fourth-order valence-corrected chi connectivity index (χ4v) is 2.05. The molecule has 3 rings (SSSR count). The smallest absolute Gasteiger partial charge is 0.402 e. The average Bonchev–Trinajstić information content (AvgIpc) is 2.44. The van der Waals surface area contributed by atoms with E-state index in [4.69, 9.17) is 15.1 Å². The van der Waals surface area contributed by atoms with Crippen LogP contribution in [0.5, 0.6) is 0 Å². The highest BCUT2D eigenvalue weighted by Gasteiger charge is 2.28. The summed E-state index contributed by atoms with van der Waals surface area (Å²) in [5.41, 5.74) is 2.02. The van der Waals surface area contributed by atoms with E-state index < -0.39 is 7.32 Å². The van der Waals surface area contributed by atoms with Crippen molar-refractivity contribution in [3.63, 3.8) is 0 Å². The van der Waals surface area contributed by atoms with Gasteiger partial charge in [0.05, 0.1) is 0 Å². The van der Waals surface area contributed by atoms with E-state index in [-0.39, 0.29) is 11.6 Å². The van der Waals surface area contributed by atoms with Crippen LogP contribution in [0.1, 0.15) is 31.8 Å². The van der Waals surface area contributed by atoms with Crippen LogP contribution in [0.3, 0.4) is 0 Å². The van der Waals surface area contributed by atoms with Crippen molar-refractivity contribution in [2.24, 2.45) is 0 Å². The Bertz CT molecular complexity index is 558. The lowest BCUT2D eigenvalue weighted by Gasteiger charge is -2.16. The van der Waals surface area contributed by atoms with Gasteiger partial charge in [-0.2, -0.15) is 0 Å². The van der Waals surface area contributed by atoms with Gasteiger partial charge in [-0.15, -0.1) is 0 Å². The van der Waals surface area contributed by atoms with E-state index in [0.29, 0.717) is 22.3 Å². The van der Waals surface area contributed by atoms with Crippen molar-refractivity contribution >= 4 is 18.9 Å². The molecule has 0 atom stereocenters. The van der Waals surface area contributed by atoms with Crippen LogP contribution >= 0.6 is 0 Å². The molecular formula is C14H11BO5. The fourth-order valence-electron chi connectivity index (χ4n) is 2.05. The number of carbonyl (C=O) groups is 2. The summed E-state index contributed by atoms with van der Waals surface area (Å²) in [5, 5.41) is 21.5. The molecule has 0 heterocycles. The molecule has 100 valence electrons. The normalized spacial score (nSPS) is 11.9. The van der Waals surface area contributed by atoms with E-state index in [1.165, 1.54) is 0 Å². The second kappa shape index (κ2) is 5.79. The molecule has 0 saturated carbocycles. The van der Waals surface area contributed by atoms with Crippen molar-refractivity contribution in [1.29, 1.82) is 0 Å². The van der Waals surface area contributed by atoms with Gasteiger partial charge < -0.3 is 15.1 Å². The van der Waals surface area contributed by atoms with Crippen molar-refractivity contribution in [3.05, 3.63) is 70.8 Å². The van der Waals surface area contributed by atoms with Crippen LogP contribution in [0.2, 0.25) is 0 Å². The van der Waals surface area contributed by atoms with Crippen molar-refractivity contribution in [3.8, 4) is 0 Å². The Labute approximate surface area is 115 Å². The lowest BCUT2D eigenvalue weighted by Crippen LogP contribution is -2.20. The molecule has 0 spiro atoms. The van der Waals surface area contributed by atoms with Crippen LogP contribution in [0.15, 0.2) is 48.5 Å². The molecule has 3 N–H and O–H groups in total. The lowest BCUT2D eigenvalue weighted by atomic mass is 9.84. The summed E-state index contributed by atoms with van der Waals surface area (Å²) in [6.07, 6.45) is 0. The topological polar surface area (TPSA) is 94.8 Å². The van der Waals surface area contributed by atoms with Crippen molar-refractivity contribution in [1.82, 2.24) is 0 Å². The Kier molecular flexibility index (Phi) is 4.09. The quantitative estimate of drug-likeness (QED) is 0.514. The fraction of sp³-hybridized carbons (Fsp3) is 0. The average molecular weight is 270 g/mol. The zero-order valence-electron chi connectivity index (χ0n) is 10.4. The molecule has 2 aromatic rings. The zero-order chi connectivity index (χ0) is 14.7. The first-order valence-electron chi connectivity index (χ1n) is 5.84. The number of ketones is 2. The highest BCUT2D eigenvalue weighted by atomic mass is 16.5. The monoisotopic (exact) mass is 270 g/mol. The number of fused-ring (bicyclic) bond motifs is 2. The van der Waals surface area contributed by atoms with Gasteiger partial charge >= 0.3 is 7.32 Å². The van der Waals surface area contributed by atoms with E-state index in [0.717, 1.165) is 0 Å². The van der Waals surface area contributed by atoms with Gasteiger partial charge in [-0.25, -0.2) is 0 Å². The molecule has 0 aliphatic heterocycles. The third-order valence-corrected chi connectivity index (χ3v) is 2.83. The molecule has 0 aromatic heterocycles. The highest BCUT2D eigenvalue weighted by Crippen LogP contribution is 2.26. The van der Waals surface area contributed by atoms with E-state index in [1.807, 2.05) is 0 Å². The van der Waals surface area contributed by atoms with Gasteiger partial charge in [0.1, 0.15) is 0 Å². The molecule has 0 bridgehead atoms. The van der Waals surface area contributed by atoms with E-state index in [2.05, 4.69) is 0 Å². The molecule has 0 radical (unpaired) electrons. The third kappa shape index (κ3) is 2.67. The summed E-state index contributed by atoms with van der Waals surface area (Å²) in [7, 11) is -2.17. The summed E-state index contributed by atoms with van der Waals surface area (Å²) < 4.78 is 0. The lowest BCUT2D eigenvalue weighted by molar-refractivity contribution is 0.0979. The first-order valence-corrected chi connectivity index (χ1v) is 5.84. The molecule has 1 aliphatic carbocycles. The van der Waals surface area contributed by atoms with Gasteiger partial charge in [0.2, 0.25) is 0 Å². The molecule has 0 unspecified atom stereocenters. The van der Waals surface area contributed by atoms with Crippen LogP contribution < -0.4 is 0 Å². The van der Waals surface area contributed by atoms with Gasteiger partial charge in [0.25, 0.3) is 0 Å². The Morgan fingerprint density at radius 1 is 0.600 bits per heavy atom. The van der Waals surface area contributed by atoms with Gasteiger partial charge in [0.15, 0.2) is 11.6 Å². The molecule has 0 fully saturated rings. The summed E-state index contributed by atoms with van der Waals surface area (Å²) >= 11 is 0. The SMILES string of the molecule is O=C1c2ccccc2C(=O)c2ccccc21.OB(O)O. The molecule has 1 aliphatic rings. The predicted octanol–water partition coefficient (Wildman–Crippen LogP) is 0.410. The molecule has 6 heteroatoms. The molecule has 20 heavy (non-hydrogen) atoms. The van der Waals surface area contributed by atoms with Crippen LogP contribution in [0.25, 0.3) is 0 Å². The molecule has 2 aromatic carbocycles. The number of hydrogen-bond donors (Lipinski definition) is 3. The van der Waals surface area contributed by atoms with Gasteiger partial charge in [-0.1, -0.05) is 48.5 Å². The Morgan fingerprint density at radius 3 is 1.00 bits per heavy atom. The summed E-state index contributed by atoms with van der Waals surface area (Å²) in [5.74, 6) is -0.128. The van der Waals surface area contributed by atoms with E-state index in [1.54, 1.807) is 48.5 Å². The minimum absolute atomic E-state index is 0.0641. The van der Waals surface area contributed by atoms with Crippen molar-refractivity contribution in [2.75, 3.05) is 0 Å². The van der Waals surface area contributed by atoms with E-state index >= 15 is 0 Å². The first-order chi connectivity index (χ1) is 9.52. The number of carbonyl (C=O) groups excluding carboxylic acids is 2. The maximum atomic E-state index is 12.1. The highest BCUT2D eigenvalue weighted by molar-refractivity contribution is 6.30. The molecule has 0 amide bonds.